The van der Waals surface area contributed by atoms with Gasteiger partial charge in [-0.3, -0.25) is 9.59 Å². The number of H-pyrrole nitrogens is 1. The smallest absolute Gasteiger partial charge is 0.339 e. The third kappa shape index (κ3) is 5.02. The third-order valence-electron chi connectivity index (χ3n) is 3.27. The van der Waals surface area contributed by atoms with Crippen LogP contribution in [0.1, 0.15) is 27.3 Å². The Morgan fingerprint density at radius 2 is 2.16 bits per heavy atom. The van der Waals surface area contributed by atoms with Gasteiger partial charge in [-0.2, -0.15) is 0 Å². The standard InChI is InChI=1S/C17H16ClN3O4/c1-10-19-9-12(16(23)21-10)4-6-15(22)20-8-11-3-5-14(18)13(7-11)17(24)25-2/h3-7,9H,8H2,1-2H3,(H,20,22)(H,19,21,23)/b6-4+. The average molecular weight is 362 g/mol. The maximum atomic E-state index is 11.9. The van der Waals surface area contributed by atoms with Gasteiger partial charge in [0, 0.05) is 18.8 Å². The van der Waals surface area contributed by atoms with Crippen molar-refractivity contribution in [2.24, 2.45) is 0 Å². The van der Waals surface area contributed by atoms with Crippen LogP contribution in [0.2, 0.25) is 5.02 Å². The van der Waals surface area contributed by atoms with Crippen molar-refractivity contribution in [3.63, 3.8) is 0 Å². The summed E-state index contributed by atoms with van der Waals surface area (Å²) in [5, 5.41) is 2.92. The number of methoxy groups -OCH3 is 1. The Balaban J connectivity index is 2.01. The molecule has 1 aromatic heterocycles. The van der Waals surface area contributed by atoms with Gasteiger partial charge in [0.2, 0.25) is 5.91 Å². The minimum absolute atomic E-state index is 0.187. The summed E-state index contributed by atoms with van der Waals surface area (Å²) in [4.78, 5) is 41.6. The Bertz CT molecular complexity index is 890. The van der Waals surface area contributed by atoms with Crippen LogP contribution in [0.4, 0.5) is 0 Å². The summed E-state index contributed by atoms with van der Waals surface area (Å²) in [5.41, 5.74) is 0.863. The fourth-order valence-electron chi connectivity index (χ4n) is 1.97. The third-order valence-corrected chi connectivity index (χ3v) is 3.60. The predicted octanol–water partition coefficient (Wildman–Crippen LogP) is 1.85. The molecule has 1 heterocycles. The van der Waals surface area contributed by atoms with Crippen LogP contribution >= 0.6 is 11.6 Å². The van der Waals surface area contributed by atoms with Crippen molar-refractivity contribution in [1.29, 1.82) is 0 Å². The largest absolute Gasteiger partial charge is 0.465 e. The van der Waals surface area contributed by atoms with Gasteiger partial charge in [0.15, 0.2) is 0 Å². The van der Waals surface area contributed by atoms with Gasteiger partial charge >= 0.3 is 5.97 Å². The Labute approximate surface area is 148 Å². The van der Waals surface area contributed by atoms with Gasteiger partial charge in [-0.15, -0.1) is 0 Å². The second-order valence-electron chi connectivity index (χ2n) is 5.11. The second kappa shape index (κ2) is 8.25. The summed E-state index contributed by atoms with van der Waals surface area (Å²) in [6.07, 6.45) is 4.00. The lowest BCUT2D eigenvalue weighted by molar-refractivity contribution is -0.116. The Morgan fingerprint density at radius 3 is 2.84 bits per heavy atom. The molecule has 8 heteroatoms. The average Bonchev–Trinajstić information content (AvgIpc) is 2.59. The molecule has 0 aliphatic rings. The molecular weight excluding hydrogens is 346 g/mol. The van der Waals surface area contributed by atoms with Crippen LogP contribution in [0, 0.1) is 6.92 Å². The molecule has 0 saturated carbocycles. The lowest BCUT2D eigenvalue weighted by Crippen LogP contribution is -2.21. The number of carbonyl (C=O) groups is 2. The van der Waals surface area contributed by atoms with Crippen LogP contribution in [0.3, 0.4) is 0 Å². The first-order valence-corrected chi connectivity index (χ1v) is 7.67. The van der Waals surface area contributed by atoms with E-state index in [0.717, 1.165) is 0 Å². The van der Waals surface area contributed by atoms with Crippen LogP contribution in [0.25, 0.3) is 6.08 Å². The van der Waals surface area contributed by atoms with Crippen LogP contribution in [-0.2, 0) is 16.1 Å². The molecule has 0 spiro atoms. The number of aromatic amines is 1. The van der Waals surface area contributed by atoms with E-state index < -0.39 is 11.9 Å². The van der Waals surface area contributed by atoms with Crippen molar-refractivity contribution >= 4 is 29.6 Å². The highest BCUT2D eigenvalue weighted by Crippen LogP contribution is 2.18. The monoisotopic (exact) mass is 361 g/mol. The predicted molar refractivity (Wildman–Crippen MR) is 93.3 cm³/mol. The normalized spacial score (nSPS) is 10.7. The topological polar surface area (TPSA) is 101 Å². The molecule has 0 fully saturated rings. The van der Waals surface area contributed by atoms with E-state index in [1.165, 1.54) is 25.5 Å². The molecule has 25 heavy (non-hydrogen) atoms. The van der Waals surface area contributed by atoms with Crippen molar-refractivity contribution in [3.05, 3.63) is 68.4 Å². The van der Waals surface area contributed by atoms with Crippen molar-refractivity contribution in [2.75, 3.05) is 7.11 Å². The number of benzene rings is 1. The summed E-state index contributed by atoms with van der Waals surface area (Å²) >= 11 is 5.94. The highest BCUT2D eigenvalue weighted by atomic mass is 35.5. The minimum atomic E-state index is -0.552. The van der Waals surface area contributed by atoms with E-state index in [-0.39, 0.29) is 28.3 Å². The minimum Gasteiger partial charge on any atom is -0.465 e. The highest BCUT2D eigenvalue weighted by molar-refractivity contribution is 6.33. The SMILES string of the molecule is COC(=O)c1cc(CNC(=O)/C=C/c2cnc(C)[nH]c2=O)ccc1Cl. The number of halogens is 1. The molecule has 1 aromatic carbocycles. The van der Waals surface area contributed by atoms with E-state index in [9.17, 15) is 14.4 Å². The molecule has 130 valence electrons. The molecule has 2 aromatic rings. The zero-order chi connectivity index (χ0) is 18.4. The van der Waals surface area contributed by atoms with Gasteiger partial charge in [0.1, 0.15) is 5.82 Å². The van der Waals surface area contributed by atoms with Crippen LogP contribution < -0.4 is 10.9 Å². The Kier molecular flexibility index (Phi) is 6.08. The van der Waals surface area contributed by atoms with E-state index in [2.05, 4.69) is 20.0 Å². The van der Waals surface area contributed by atoms with Crippen molar-refractivity contribution in [3.8, 4) is 0 Å². The number of carbonyl (C=O) groups excluding carboxylic acids is 2. The van der Waals surface area contributed by atoms with Gasteiger partial charge in [0.25, 0.3) is 5.56 Å². The molecule has 0 aliphatic heterocycles. The molecule has 0 bridgehead atoms. The second-order valence-corrected chi connectivity index (χ2v) is 5.52. The number of aryl methyl sites for hydroxylation is 1. The summed E-state index contributed by atoms with van der Waals surface area (Å²) in [6, 6.07) is 4.79. The van der Waals surface area contributed by atoms with Crippen molar-refractivity contribution < 1.29 is 14.3 Å². The number of hydrogen-bond donors (Lipinski definition) is 2. The lowest BCUT2D eigenvalue weighted by Gasteiger charge is -2.07. The first-order valence-electron chi connectivity index (χ1n) is 7.29. The number of nitrogens with zero attached hydrogens (tertiary/aromatic N) is 1. The molecule has 1 amide bonds. The maximum absolute atomic E-state index is 11.9. The van der Waals surface area contributed by atoms with Crippen molar-refractivity contribution in [2.45, 2.75) is 13.5 Å². The lowest BCUT2D eigenvalue weighted by atomic mass is 10.1. The first-order chi connectivity index (χ1) is 11.9. The number of rotatable bonds is 5. The zero-order valence-corrected chi connectivity index (χ0v) is 14.4. The van der Waals surface area contributed by atoms with Gasteiger partial charge in [0.05, 0.1) is 23.3 Å². The first kappa shape index (κ1) is 18.4. The van der Waals surface area contributed by atoms with E-state index in [4.69, 9.17) is 11.6 Å². The molecule has 0 radical (unpaired) electrons. The number of hydrogen-bond acceptors (Lipinski definition) is 5. The molecule has 0 saturated heterocycles. The Hall–Kier alpha value is -2.93. The van der Waals surface area contributed by atoms with Crippen LogP contribution in [-0.4, -0.2) is 29.0 Å². The molecule has 2 rings (SSSR count). The van der Waals surface area contributed by atoms with Gasteiger partial charge in [-0.1, -0.05) is 17.7 Å². The fourth-order valence-corrected chi connectivity index (χ4v) is 2.17. The Morgan fingerprint density at radius 1 is 1.40 bits per heavy atom. The number of amides is 1. The fraction of sp³-hybridized carbons (Fsp3) is 0.176. The molecule has 0 aliphatic carbocycles. The van der Waals surface area contributed by atoms with Crippen LogP contribution in [0.15, 0.2) is 35.3 Å². The maximum Gasteiger partial charge on any atom is 0.339 e. The van der Waals surface area contributed by atoms with E-state index in [1.807, 2.05) is 0 Å². The van der Waals surface area contributed by atoms with Crippen LogP contribution in [0.5, 0.6) is 0 Å². The molecule has 0 atom stereocenters. The van der Waals surface area contributed by atoms with Gasteiger partial charge < -0.3 is 15.0 Å². The number of nitrogens with one attached hydrogen (secondary N) is 2. The number of ether oxygens (including phenoxy) is 1. The summed E-state index contributed by atoms with van der Waals surface area (Å²) in [7, 11) is 1.26. The van der Waals surface area contributed by atoms with E-state index >= 15 is 0 Å². The molecule has 7 nitrogen and oxygen atoms in total. The van der Waals surface area contributed by atoms with Gasteiger partial charge in [-0.25, -0.2) is 9.78 Å². The van der Waals surface area contributed by atoms with E-state index in [0.29, 0.717) is 11.4 Å². The summed E-state index contributed by atoms with van der Waals surface area (Å²) < 4.78 is 4.64. The highest BCUT2D eigenvalue weighted by Gasteiger charge is 2.11. The zero-order valence-electron chi connectivity index (χ0n) is 13.6. The van der Waals surface area contributed by atoms with Crippen molar-refractivity contribution in [1.82, 2.24) is 15.3 Å². The number of aromatic nitrogens is 2. The molecular formula is C17H16ClN3O4. The van der Waals surface area contributed by atoms with E-state index in [1.54, 1.807) is 25.1 Å². The summed E-state index contributed by atoms with van der Waals surface area (Å²) in [6.45, 7) is 1.85. The summed E-state index contributed by atoms with van der Waals surface area (Å²) in [5.74, 6) is -0.450. The quantitative estimate of drug-likeness (QED) is 0.625. The van der Waals surface area contributed by atoms with Gasteiger partial charge in [-0.05, 0) is 30.7 Å². The molecule has 0 unspecified atom stereocenters. The molecule has 2 N–H and O–H groups in total. The number of esters is 1.